The Morgan fingerprint density at radius 1 is 0.966 bits per heavy atom. The molecule has 0 aliphatic carbocycles. The molecule has 6 nitrogen and oxygen atoms in total. The summed E-state index contributed by atoms with van der Waals surface area (Å²) in [5.74, 6) is 0.561. The minimum absolute atomic E-state index is 0.300. The zero-order valence-electron chi connectivity index (χ0n) is 16.7. The maximum Gasteiger partial charge on any atom is 0.282 e. The Balaban J connectivity index is 1.83. The number of imide groups is 1. The van der Waals surface area contributed by atoms with Gasteiger partial charge in [0.05, 0.1) is 25.0 Å². The van der Waals surface area contributed by atoms with Gasteiger partial charge in [-0.25, -0.2) is 4.90 Å². The van der Waals surface area contributed by atoms with Crippen LogP contribution in [0.3, 0.4) is 0 Å². The Morgan fingerprint density at radius 3 is 2.45 bits per heavy atom. The molecule has 4 rings (SSSR count). The zero-order valence-corrected chi connectivity index (χ0v) is 16.7. The summed E-state index contributed by atoms with van der Waals surface area (Å²) in [6.07, 6.45) is 2.01. The highest BCUT2D eigenvalue weighted by molar-refractivity contribution is 6.45. The van der Waals surface area contributed by atoms with Crippen LogP contribution in [0.5, 0.6) is 11.5 Å². The lowest BCUT2D eigenvalue weighted by Crippen LogP contribution is -2.34. The number of rotatable bonds is 6. The fraction of sp³-hybridized carbons (Fsp3) is 0.304. The maximum absolute atomic E-state index is 13.5. The highest BCUT2D eigenvalue weighted by atomic mass is 16.5. The van der Waals surface area contributed by atoms with Crippen LogP contribution in [0.1, 0.15) is 25.3 Å². The summed E-state index contributed by atoms with van der Waals surface area (Å²) in [5, 5.41) is 0. The van der Waals surface area contributed by atoms with Gasteiger partial charge in [-0.3, -0.25) is 9.59 Å². The molecule has 0 saturated carbocycles. The lowest BCUT2D eigenvalue weighted by molar-refractivity contribution is -0.120. The Bertz CT molecular complexity index is 976. The molecule has 1 fully saturated rings. The van der Waals surface area contributed by atoms with Crippen molar-refractivity contribution >= 4 is 23.1 Å². The molecule has 0 radical (unpaired) electrons. The molecule has 2 aromatic rings. The molecule has 150 valence electrons. The zero-order chi connectivity index (χ0) is 20.4. The quantitative estimate of drug-likeness (QED) is 0.705. The van der Waals surface area contributed by atoms with Crippen molar-refractivity contribution < 1.29 is 19.1 Å². The minimum atomic E-state index is -0.338. The molecule has 0 aromatic heterocycles. The van der Waals surface area contributed by atoms with Gasteiger partial charge in [0.1, 0.15) is 17.2 Å². The number of nitrogens with zero attached hydrogens (tertiary/aromatic N) is 2. The van der Waals surface area contributed by atoms with E-state index in [2.05, 4.69) is 0 Å². The van der Waals surface area contributed by atoms with E-state index in [4.69, 9.17) is 9.47 Å². The van der Waals surface area contributed by atoms with E-state index in [-0.39, 0.29) is 11.8 Å². The summed E-state index contributed by atoms with van der Waals surface area (Å²) in [4.78, 5) is 30.3. The largest absolute Gasteiger partial charge is 0.496 e. The monoisotopic (exact) mass is 392 g/mol. The van der Waals surface area contributed by atoms with Crippen molar-refractivity contribution in [1.29, 1.82) is 0 Å². The fourth-order valence-corrected chi connectivity index (χ4v) is 3.96. The first-order chi connectivity index (χ1) is 14.2. The van der Waals surface area contributed by atoms with Crippen LogP contribution in [0.4, 0.5) is 5.69 Å². The average molecular weight is 392 g/mol. The summed E-state index contributed by atoms with van der Waals surface area (Å²) >= 11 is 0. The smallest absolute Gasteiger partial charge is 0.282 e. The van der Waals surface area contributed by atoms with Crippen LogP contribution in [0.15, 0.2) is 54.2 Å². The molecule has 0 N–H and O–H groups in total. The first-order valence-corrected chi connectivity index (χ1v) is 9.90. The third kappa shape index (κ3) is 3.35. The molecule has 0 spiro atoms. The summed E-state index contributed by atoms with van der Waals surface area (Å²) in [5.41, 5.74) is 2.00. The number of carbonyl (C=O) groups is 2. The van der Waals surface area contributed by atoms with E-state index < -0.39 is 0 Å². The first-order valence-electron chi connectivity index (χ1n) is 9.90. The second-order valence-corrected chi connectivity index (χ2v) is 6.99. The molecule has 2 aliphatic heterocycles. The molecule has 0 atom stereocenters. The lowest BCUT2D eigenvalue weighted by atomic mass is 10.0. The van der Waals surface area contributed by atoms with Crippen molar-refractivity contribution in [2.24, 2.45) is 0 Å². The predicted octanol–water partition coefficient (Wildman–Crippen LogP) is 3.47. The molecule has 0 unspecified atom stereocenters. The number of carbonyl (C=O) groups excluding carboxylic acids is 2. The summed E-state index contributed by atoms with van der Waals surface area (Å²) in [6, 6.07) is 14.4. The predicted molar refractivity (Wildman–Crippen MR) is 111 cm³/mol. The first kappa shape index (κ1) is 19.1. The van der Waals surface area contributed by atoms with E-state index in [1.807, 2.05) is 36.1 Å². The Labute approximate surface area is 170 Å². The van der Waals surface area contributed by atoms with Gasteiger partial charge < -0.3 is 14.4 Å². The summed E-state index contributed by atoms with van der Waals surface area (Å²) < 4.78 is 11.0. The van der Waals surface area contributed by atoms with Crippen molar-refractivity contribution in [3.63, 3.8) is 0 Å². The standard InChI is InChI=1S/C23H24N2O4/c1-3-29-17-10-8-9-16(15-17)25-22(26)20(18-11-4-5-12-19(18)28-2)21(23(25)27)24-13-6-7-14-24/h4-5,8-12,15H,3,6-7,13-14H2,1-2H3. The molecule has 2 heterocycles. The van der Waals surface area contributed by atoms with Crippen LogP contribution >= 0.6 is 0 Å². The second kappa shape index (κ2) is 7.99. The maximum atomic E-state index is 13.5. The molecule has 2 aliphatic rings. The third-order valence-electron chi connectivity index (χ3n) is 5.24. The van der Waals surface area contributed by atoms with Gasteiger partial charge in [0.15, 0.2) is 0 Å². The van der Waals surface area contributed by atoms with Gasteiger partial charge in [0, 0.05) is 24.7 Å². The highest BCUT2D eigenvalue weighted by Crippen LogP contribution is 2.39. The van der Waals surface area contributed by atoms with Crippen LogP contribution in [0.25, 0.3) is 5.57 Å². The van der Waals surface area contributed by atoms with Gasteiger partial charge in [-0.2, -0.15) is 0 Å². The van der Waals surface area contributed by atoms with Crippen LogP contribution in [-0.4, -0.2) is 43.5 Å². The van der Waals surface area contributed by atoms with E-state index in [0.717, 1.165) is 25.9 Å². The topological polar surface area (TPSA) is 59.1 Å². The van der Waals surface area contributed by atoms with Gasteiger partial charge in [0.25, 0.3) is 11.8 Å². The van der Waals surface area contributed by atoms with E-state index in [9.17, 15) is 9.59 Å². The van der Waals surface area contributed by atoms with Crippen molar-refractivity contribution in [3.8, 4) is 11.5 Å². The number of benzene rings is 2. The average Bonchev–Trinajstić information content (AvgIpc) is 3.34. The number of amides is 2. The van der Waals surface area contributed by atoms with E-state index in [1.165, 1.54) is 4.90 Å². The molecule has 29 heavy (non-hydrogen) atoms. The molecular formula is C23H24N2O4. The Morgan fingerprint density at radius 2 is 1.72 bits per heavy atom. The van der Waals surface area contributed by atoms with Crippen molar-refractivity contribution in [1.82, 2.24) is 4.90 Å². The fourth-order valence-electron chi connectivity index (χ4n) is 3.96. The summed E-state index contributed by atoms with van der Waals surface area (Å²) in [6.45, 7) is 3.93. The molecule has 2 amide bonds. The minimum Gasteiger partial charge on any atom is -0.496 e. The van der Waals surface area contributed by atoms with Crippen LogP contribution in [0.2, 0.25) is 0 Å². The van der Waals surface area contributed by atoms with E-state index >= 15 is 0 Å². The number of anilines is 1. The SMILES string of the molecule is CCOc1cccc(N2C(=O)C(c3ccccc3OC)=C(N3CCCC3)C2=O)c1. The van der Waals surface area contributed by atoms with Gasteiger partial charge in [0.2, 0.25) is 0 Å². The normalized spacial score (nSPS) is 16.8. The molecule has 0 bridgehead atoms. The Hall–Kier alpha value is -3.28. The number of hydrogen-bond acceptors (Lipinski definition) is 5. The lowest BCUT2D eigenvalue weighted by Gasteiger charge is -2.20. The number of para-hydroxylation sites is 1. The van der Waals surface area contributed by atoms with Crippen LogP contribution in [0, 0.1) is 0 Å². The number of methoxy groups -OCH3 is 1. The molecule has 1 saturated heterocycles. The third-order valence-corrected chi connectivity index (χ3v) is 5.24. The van der Waals surface area contributed by atoms with Gasteiger partial charge >= 0.3 is 0 Å². The van der Waals surface area contributed by atoms with Crippen molar-refractivity contribution in [2.45, 2.75) is 19.8 Å². The van der Waals surface area contributed by atoms with Gasteiger partial charge in [-0.05, 0) is 38.0 Å². The van der Waals surface area contributed by atoms with E-state index in [1.54, 1.807) is 31.4 Å². The highest BCUT2D eigenvalue weighted by Gasteiger charge is 2.43. The molecular weight excluding hydrogens is 368 g/mol. The second-order valence-electron chi connectivity index (χ2n) is 6.99. The van der Waals surface area contributed by atoms with Gasteiger partial charge in [-0.15, -0.1) is 0 Å². The van der Waals surface area contributed by atoms with Crippen LogP contribution in [-0.2, 0) is 9.59 Å². The van der Waals surface area contributed by atoms with Crippen molar-refractivity contribution in [3.05, 3.63) is 59.8 Å². The van der Waals surface area contributed by atoms with E-state index in [0.29, 0.717) is 40.6 Å². The number of hydrogen-bond donors (Lipinski definition) is 0. The number of likely N-dealkylation sites (tertiary alicyclic amines) is 1. The summed E-state index contributed by atoms with van der Waals surface area (Å²) in [7, 11) is 1.57. The van der Waals surface area contributed by atoms with Crippen molar-refractivity contribution in [2.75, 3.05) is 31.7 Å². The van der Waals surface area contributed by atoms with Crippen LogP contribution < -0.4 is 14.4 Å². The Kier molecular flexibility index (Phi) is 5.25. The molecule has 6 heteroatoms. The number of ether oxygens (including phenoxy) is 2. The van der Waals surface area contributed by atoms with Gasteiger partial charge in [-0.1, -0.05) is 24.3 Å². The molecule has 2 aromatic carbocycles.